The molecule has 1 heterocycles. The number of carbonyl (C=O) groups is 1. The number of alkyl halides is 2. The lowest BCUT2D eigenvalue weighted by Crippen LogP contribution is -2.44. The summed E-state index contributed by atoms with van der Waals surface area (Å²) in [5.41, 5.74) is 1.61. The smallest absolute Gasteiger partial charge is 0.249 e. The van der Waals surface area contributed by atoms with Gasteiger partial charge in [-0.15, -0.1) is 0 Å². The third kappa shape index (κ3) is 2.32. The lowest BCUT2D eigenvalue weighted by atomic mass is 9.81. The van der Waals surface area contributed by atoms with Crippen LogP contribution in [0.15, 0.2) is 34.9 Å². The van der Waals surface area contributed by atoms with Crippen LogP contribution >= 0.6 is 0 Å². The van der Waals surface area contributed by atoms with E-state index in [4.69, 9.17) is 4.42 Å². The number of halogens is 2. The molecule has 1 saturated carbocycles. The van der Waals surface area contributed by atoms with Crippen LogP contribution in [0.1, 0.15) is 18.4 Å². The normalized spacial score (nSPS) is 18.2. The SMILES string of the molecule is O=C(NCc1coc2ccccc12)C1CC(F)(F)C1. The lowest BCUT2D eigenvalue weighted by Gasteiger charge is -2.33. The van der Waals surface area contributed by atoms with E-state index in [1.165, 1.54) is 0 Å². The van der Waals surface area contributed by atoms with Crippen molar-refractivity contribution in [2.24, 2.45) is 5.92 Å². The van der Waals surface area contributed by atoms with Gasteiger partial charge in [0.25, 0.3) is 0 Å². The highest BCUT2D eigenvalue weighted by Crippen LogP contribution is 2.42. The van der Waals surface area contributed by atoms with E-state index < -0.39 is 11.8 Å². The quantitative estimate of drug-likeness (QED) is 0.926. The number of para-hydroxylation sites is 1. The summed E-state index contributed by atoms with van der Waals surface area (Å²) in [4.78, 5) is 11.7. The van der Waals surface area contributed by atoms with Gasteiger partial charge in [-0.05, 0) is 6.07 Å². The fourth-order valence-corrected chi connectivity index (χ4v) is 2.34. The van der Waals surface area contributed by atoms with Gasteiger partial charge < -0.3 is 9.73 Å². The molecule has 1 aliphatic carbocycles. The standard InChI is InChI=1S/C14H13F2NO2/c15-14(16)5-9(6-14)13(18)17-7-10-8-19-12-4-2-1-3-11(10)12/h1-4,8-9H,5-7H2,(H,17,18). The van der Waals surface area contributed by atoms with Gasteiger partial charge in [0.2, 0.25) is 11.8 Å². The van der Waals surface area contributed by atoms with Gasteiger partial charge in [-0.1, -0.05) is 18.2 Å². The second-order valence-corrected chi connectivity index (χ2v) is 4.94. The van der Waals surface area contributed by atoms with Crippen molar-refractivity contribution in [3.8, 4) is 0 Å². The summed E-state index contributed by atoms with van der Waals surface area (Å²) in [6.45, 7) is 0.303. The molecule has 0 aliphatic heterocycles. The Labute approximate surface area is 108 Å². The van der Waals surface area contributed by atoms with Crippen molar-refractivity contribution in [1.29, 1.82) is 0 Å². The molecule has 19 heavy (non-hydrogen) atoms. The summed E-state index contributed by atoms with van der Waals surface area (Å²) in [5, 5.41) is 3.62. The second kappa shape index (κ2) is 4.33. The number of fused-ring (bicyclic) bond motifs is 1. The van der Waals surface area contributed by atoms with Crippen molar-refractivity contribution in [2.75, 3.05) is 0 Å². The first-order valence-corrected chi connectivity index (χ1v) is 6.16. The third-order valence-corrected chi connectivity index (χ3v) is 3.48. The van der Waals surface area contributed by atoms with Crippen LogP contribution in [0.5, 0.6) is 0 Å². The minimum Gasteiger partial charge on any atom is -0.464 e. The fraction of sp³-hybridized carbons (Fsp3) is 0.357. The zero-order chi connectivity index (χ0) is 13.5. The van der Waals surface area contributed by atoms with E-state index >= 15 is 0 Å². The van der Waals surface area contributed by atoms with Crippen LogP contribution in [0.4, 0.5) is 8.78 Å². The Bertz CT molecular complexity index is 613. The number of furan rings is 1. The summed E-state index contributed by atoms with van der Waals surface area (Å²) >= 11 is 0. The first-order valence-electron chi connectivity index (χ1n) is 6.16. The van der Waals surface area contributed by atoms with Crippen molar-refractivity contribution in [1.82, 2.24) is 5.32 Å². The fourth-order valence-electron chi connectivity index (χ4n) is 2.34. The van der Waals surface area contributed by atoms with E-state index in [1.54, 1.807) is 6.26 Å². The zero-order valence-electron chi connectivity index (χ0n) is 10.2. The van der Waals surface area contributed by atoms with Gasteiger partial charge in [-0.3, -0.25) is 4.79 Å². The van der Waals surface area contributed by atoms with E-state index in [-0.39, 0.29) is 18.7 Å². The topological polar surface area (TPSA) is 42.2 Å². The highest BCUT2D eigenvalue weighted by atomic mass is 19.3. The van der Waals surface area contributed by atoms with Gasteiger partial charge in [0.1, 0.15) is 5.58 Å². The maximum atomic E-state index is 12.7. The van der Waals surface area contributed by atoms with Crippen molar-refractivity contribution >= 4 is 16.9 Å². The second-order valence-electron chi connectivity index (χ2n) is 4.94. The Morgan fingerprint density at radius 3 is 2.84 bits per heavy atom. The van der Waals surface area contributed by atoms with Gasteiger partial charge in [0.05, 0.1) is 6.26 Å². The molecule has 1 amide bonds. The molecular formula is C14H13F2NO2. The van der Waals surface area contributed by atoms with Crippen molar-refractivity contribution in [2.45, 2.75) is 25.3 Å². The Morgan fingerprint density at radius 1 is 1.37 bits per heavy atom. The molecule has 0 radical (unpaired) electrons. The number of hydrogen-bond donors (Lipinski definition) is 1. The summed E-state index contributed by atoms with van der Waals surface area (Å²) < 4.78 is 30.7. The Hall–Kier alpha value is -1.91. The Morgan fingerprint density at radius 2 is 2.11 bits per heavy atom. The lowest BCUT2D eigenvalue weighted by molar-refractivity contribution is -0.150. The molecule has 0 spiro atoms. The van der Waals surface area contributed by atoms with Gasteiger partial charge in [-0.25, -0.2) is 8.78 Å². The van der Waals surface area contributed by atoms with Crippen LogP contribution in [0.2, 0.25) is 0 Å². The molecule has 0 atom stereocenters. The third-order valence-electron chi connectivity index (χ3n) is 3.48. The molecule has 0 unspecified atom stereocenters. The van der Waals surface area contributed by atoms with E-state index in [0.717, 1.165) is 16.5 Å². The predicted molar refractivity (Wildman–Crippen MR) is 65.7 cm³/mol. The summed E-state index contributed by atoms with van der Waals surface area (Å²) in [7, 11) is 0. The van der Waals surface area contributed by atoms with Gasteiger partial charge in [0.15, 0.2) is 0 Å². The first kappa shape index (κ1) is 12.1. The van der Waals surface area contributed by atoms with Crippen molar-refractivity contribution in [3.05, 3.63) is 36.1 Å². The molecule has 2 aromatic rings. The van der Waals surface area contributed by atoms with E-state index in [2.05, 4.69) is 5.32 Å². The number of benzene rings is 1. The average Bonchev–Trinajstić information content (AvgIpc) is 2.76. The molecule has 0 bridgehead atoms. The number of hydrogen-bond acceptors (Lipinski definition) is 2. The number of carbonyl (C=O) groups excluding carboxylic acids is 1. The van der Waals surface area contributed by atoms with E-state index in [1.807, 2.05) is 24.3 Å². The molecule has 3 rings (SSSR count). The Balaban J connectivity index is 1.62. The molecule has 100 valence electrons. The van der Waals surface area contributed by atoms with Crippen molar-refractivity contribution < 1.29 is 18.0 Å². The van der Waals surface area contributed by atoms with Gasteiger partial charge in [-0.2, -0.15) is 0 Å². The molecule has 1 aromatic carbocycles. The largest absolute Gasteiger partial charge is 0.464 e. The van der Waals surface area contributed by atoms with E-state index in [0.29, 0.717) is 6.54 Å². The average molecular weight is 265 g/mol. The maximum Gasteiger partial charge on any atom is 0.249 e. The van der Waals surface area contributed by atoms with Crippen LogP contribution in [-0.2, 0) is 11.3 Å². The minimum atomic E-state index is -2.66. The number of rotatable bonds is 3. The molecule has 1 aliphatic rings. The van der Waals surface area contributed by atoms with Crippen LogP contribution in [-0.4, -0.2) is 11.8 Å². The monoisotopic (exact) mass is 265 g/mol. The first-order chi connectivity index (χ1) is 9.05. The van der Waals surface area contributed by atoms with Crippen LogP contribution in [0, 0.1) is 5.92 Å². The molecule has 1 aromatic heterocycles. The number of nitrogens with one attached hydrogen (secondary N) is 1. The van der Waals surface area contributed by atoms with E-state index in [9.17, 15) is 13.6 Å². The van der Waals surface area contributed by atoms with Crippen LogP contribution in [0.25, 0.3) is 11.0 Å². The molecule has 0 saturated heterocycles. The predicted octanol–water partition coefficient (Wildman–Crippen LogP) is 3.09. The highest BCUT2D eigenvalue weighted by molar-refractivity contribution is 5.83. The highest BCUT2D eigenvalue weighted by Gasteiger charge is 2.48. The van der Waals surface area contributed by atoms with Crippen LogP contribution < -0.4 is 5.32 Å². The molecule has 3 nitrogen and oxygen atoms in total. The van der Waals surface area contributed by atoms with Crippen LogP contribution in [0.3, 0.4) is 0 Å². The van der Waals surface area contributed by atoms with Gasteiger partial charge in [0, 0.05) is 36.3 Å². The molecule has 1 N–H and O–H groups in total. The van der Waals surface area contributed by atoms with Gasteiger partial charge >= 0.3 is 0 Å². The number of amides is 1. The summed E-state index contributed by atoms with van der Waals surface area (Å²) in [5.74, 6) is -3.53. The zero-order valence-corrected chi connectivity index (χ0v) is 10.2. The Kier molecular flexibility index (Phi) is 2.77. The minimum absolute atomic E-state index is 0.303. The molecular weight excluding hydrogens is 252 g/mol. The van der Waals surface area contributed by atoms with Crippen molar-refractivity contribution in [3.63, 3.8) is 0 Å². The summed E-state index contributed by atoms with van der Waals surface area (Å²) in [6, 6.07) is 7.49. The summed E-state index contributed by atoms with van der Waals surface area (Å²) in [6.07, 6.45) is 0.899. The molecule has 1 fully saturated rings. The maximum absolute atomic E-state index is 12.7. The molecule has 5 heteroatoms.